The van der Waals surface area contributed by atoms with Gasteiger partial charge in [-0.15, -0.1) is 0 Å². The molecule has 0 aliphatic carbocycles. The summed E-state index contributed by atoms with van der Waals surface area (Å²) in [6.45, 7) is 2.71. The zero-order chi connectivity index (χ0) is 13.7. The van der Waals surface area contributed by atoms with Gasteiger partial charge in [-0.05, 0) is 24.6 Å². The molecule has 0 N–H and O–H groups in total. The van der Waals surface area contributed by atoms with E-state index in [1.807, 2.05) is 31.2 Å². The van der Waals surface area contributed by atoms with Crippen LogP contribution in [0.5, 0.6) is 5.75 Å². The Morgan fingerprint density at radius 3 is 2.63 bits per heavy atom. The molecule has 2 rings (SSSR count). The van der Waals surface area contributed by atoms with Crippen molar-refractivity contribution in [2.75, 3.05) is 7.11 Å². The maximum Gasteiger partial charge on any atom is 0.144 e. The molecule has 2 aromatic rings. The molecule has 5 nitrogen and oxygen atoms in total. The molecule has 0 aliphatic rings. The molecule has 0 unspecified atom stereocenters. The Morgan fingerprint density at radius 2 is 2.00 bits per heavy atom. The number of ketones is 1. The Bertz CT molecular complexity index is 546. The van der Waals surface area contributed by atoms with E-state index in [1.165, 1.54) is 6.33 Å². The van der Waals surface area contributed by atoms with Crippen molar-refractivity contribution in [1.82, 2.24) is 14.8 Å². The molecule has 0 spiro atoms. The van der Waals surface area contributed by atoms with Gasteiger partial charge in [-0.1, -0.05) is 12.1 Å². The molecular weight excluding hydrogens is 242 g/mol. The van der Waals surface area contributed by atoms with Crippen LogP contribution in [0.15, 0.2) is 30.6 Å². The molecule has 0 atom stereocenters. The summed E-state index contributed by atoms with van der Waals surface area (Å²) >= 11 is 0. The average Bonchev–Trinajstić information content (AvgIpc) is 2.86. The Labute approximate surface area is 112 Å². The predicted molar refractivity (Wildman–Crippen MR) is 71.1 cm³/mol. The number of methoxy groups -OCH3 is 1. The van der Waals surface area contributed by atoms with Crippen LogP contribution in [-0.4, -0.2) is 27.7 Å². The summed E-state index contributed by atoms with van der Waals surface area (Å²) in [4.78, 5) is 16.1. The second-order valence-corrected chi connectivity index (χ2v) is 4.23. The summed E-state index contributed by atoms with van der Waals surface area (Å²) in [5.41, 5.74) is 0.980. The van der Waals surface area contributed by atoms with Crippen LogP contribution in [0.25, 0.3) is 0 Å². The average molecular weight is 259 g/mol. The van der Waals surface area contributed by atoms with Crippen molar-refractivity contribution in [2.45, 2.75) is 26.3 Å². The molecule has 1 aromatic heterocycles. The first-order valence-corrected chi connectivity index (χ1v) is 6.24. The normalized spacial score (nSPS) is 10.4. The van der Waals surface area contributed by atoms with E-state index in [0.717, 1.165) is 23.7 Å². The smallest absolute Gasteiger partial charge is 0.144 e. The standard InChI is InChI=1S/C14H17N3O2/c1-3-17-14(15-10-16-17)9-12(18)8-11-4-6-13(19-2)7-5-11/h4-7,10H,3,8-9H2,1-2H3. The third-order valence-electron chi connectivity index (χ3n) is 2.91. The highest BCUT2D eigenvalue weighted by Gasteiger charge is 2.10. The molecule has 0 amide bonds. The molecule has 1 aromatic carbocycles. The van der Waals surface area contributed by atoms with Crippen molar-refractivity contribution in [2.24, 2.45) is 0 Å². The lowest BCUT2D eigenvalue weighted by Crippen LogP contribution is -2.12. The van der Waals surface area contributed by atoms with Crippen LogP contribution in [-0.2, 0) is 24.2 Å². The van der Waals surface area contributed by atoms with Crippen LogP contribution in [0.4, 0.5) is 0 Å². The first-order valence-electron chi connectivity index (χ1n) is 6.24. The lowest BCUT2D eigenvalue weighted by atomic mass is 10.1. The quantitative estimate of drug-likeness (QED) is 0.791. The van der Waals surface area contributed by atoms with Gasteiger partial charge in [-0.25, -0.2) is 9.67 Å². The van der Waals surface area contributed by atoms with Crippen LogP contribution in [0.1, 0.15) is 18.3 Å². The molecule has 19 heavy (non-hydrogen) atoms. The number of Topliss-reactive ketones (excluding diaryl/α,β-unsaturated/α-hetero) is 1. The van der Waals surface area contributed by atoms with E-state index in [1.54, 1.807) is 11.8 Å². The van der Waals surface area contributed by atoms with Gasteiger partial charge in [-0.2, -0.15) is 5.10 Å². The zero-order valence-corrected chi connectivity index (χ0v) is 11.2. The molecular formula is C14H17N3O2. The number of ether oxygens (including phenoxy) is 1. The Kier molecular flexibility index (Phi) is 4.28. The van der Waals surface area contributed by atoms with Crippen molar-refractivity contribution in [3.63, 3.8) is 0 Å². The number of hydrogen-bond acceptors (Lipinski definition) is 4. The maximum atomic E-state index is 12.0. The molecule has 0 radical (unpaired) electrons. The summed E-state index contributed by atoms with van der Waals surface area (Å²) in [5.74, 6) is 1.65. The fourth-order valence-electron chi connectivity index (χ4n) is 1.90. The van der Waals surface area contributed by atoms with Crippen molar-refractivity contribution in [3.8, 4) is 5.75 Å². The van der Waals surface area contributed by atoms with E-state index in [4.69, 9.17) is 4.74 Å². The minimum atomic E-state index is 0.132. The number of benzene rings is 1. The minimum absolute atomic E-state index is 0.132. The van der Waals surface area contributed by atoms with Gasteiger partial charge >= 0.3 is 0 Å². The summed E-state index contributed by atoms with van der Waals surface area (Å²) in [7, 11) is 1.62. The first kappa shape index (κ1) is 13.3. The molecule has 0 aliphatic heterocycles. The van der Waals surface area contributed by atoms with Gasteiger partial charge in [-0.3, -0.25) is 4.79 Å². The number of aryl methyl sites for hydroxylation is 1. The topological polar surface area (TPSA) is 57.0 Å². The van der Waals surface area contributed by atoms with Gasteiger partial charge < -0.3 is 4.74 Å². The Hall–Kier alpha value is -2.17. The van der Waals surface area contributed by atoms with Crippen LogP contribution >= 0.6 is 0 Å². The molecule has 100 valence electrons. The number of carbonyl (C=O) groups excluding carboxylic acids is 1. The fraction of sp³-hybridized carbons (Fsp3) is 0.357. The second kappa shape index (κ2) is 6.13. The lowest BCUT2D eigenvalue weighted by molar-refractivity contribution is -0.117. The number of nitrogens with zero attached hydrogens (tertiary/aromatic N) is 3. The van der Waals surface area contributed by atoms with Gasteiger partial charge in [0.1, 0.15) is 23.7 Å². The molecule has 0 saturated heterocycles. The van der Waals surface area contributed by atoms with Gasteiger partial charge in [0.25, 0.3) is 0 Å². The van der Waals surface area contributed by atoms with Crippen molar-refractivity contribution in [3.05, 3.63) is 42.0 Å². The van der Waals surface area contributed by atoms with E-state index in [2.05, 4.69) is 10.1 Å². The van der Waals surface area contributed by atoms with Crippen molar-refractivity contribution >= 4 is 5.78 Å². The summed E-state index contributed by atoms with van der Waals surface area (Å²) in [5, 5.41) is 4.05. The highest BCUT2D eigenvalue weighted by Crippen LogP contribution is 2.12. The second-order valence-electron chi connectivity index (χ2n) is 4.23. The van der Waals surface area contributed by atoms with E-state index in [0.29, 0.717) is 12.8 Å². The number of carbonyl (C=O) groups is 1. The Balaban J connectivity index is 1.97. The van der Waals surface area contributed by atoms with E-state index >= 15 is 0 Å². The predicted octanol–water partition coefficient (Wildman–Crippen LogP) is 1.66. The van der Waals surface area contributed by atoms with E-state index < -0.39 is 0 Å². The molecule has 0 fully saturated rings. The summed E-state index contributed by atoms with van der Waals surface area (Å²) < 4.78 is 6.83. The lowest BCUT2D eigenvalue weighted by Gasteiger charge is -2.04. The fourth-order valence-corrected chi connectivity index (χ4v) is 1.90. The highest BCUT2D eigenvalue weighted by atomic mass is 16.5. The molecule has 0 bridgehead atoms. The molecule has 1 heterocycles. The third-order valence-corrected chi connectivity index (χ3v) is 2.91. The maximum absolute atomic E-state index is 12.0. The van der Waals surface area contributed by atoms with Crippen LogP contribution in [0, 0.1) is 0 Å². The van der Waals surface area contributed by atoms with Crippen LogP contribution < -0.4 is 4.74 Å². The number of rotatable bonds is 6. The summed E-state index contributed by atoms with van der Waals surface area (Å²) in [6.07, 6.45) is 2.21. The van der Waals surface area contributed by atoms with Gasteiger partial charge in [0.15, 0.2) is 0 Å². The number of hydrogen-bond donors (Lipinski definition) is 0. The molecule has 5 heteroatoms. The minimum Gasteiger partial charge on any atom is -0.497 e. The van der Waals surface area contributed by atoms with E-state index in [9.17, 15) is 4.79 Å². The van der Waals surface area contributed by atoms with Gasteiger partial charge in [0.05, 0.1) is 13.5 Å². The van der Waals surface area contributed by atoms with Crippen molar-refractivity contribution in [1.29, 1.82) is 0 Å². The highest BCUT2D eigenvalue weighted by molar-refractivity contribution is 5.82. The van der Waals surface area contributed by atoms with Crippen LogP contribution in [0.3, 0.4) is 0 Å². The van der Waals surface area contributed by atoms with Crippen LogP contribution in [0.2, 0.25) is 0 Å². The molecule has 0 saturated carbocycles. The summed E-state index contributed by atoms with van der Waals surface area (Å²) in [6, 6.07) is 7.52. The van der Waals surface area contributed by atoms with Gasteiger partial charge in [0.2, 0.25) is 0 Å². The first-order chi connectivity index (χ1) is 9.22. The number of aromatic nitrogens is 3. The zero-order valence-electron chi connectivity index (χ0n) is 11.2. The monoisotopic (exact) mass is 259 g/mol. The van der Waals surface area contributed by atoms with Crippen molar-refractivity contribution < 1.29 is 9.53 Å². The Morgan fingerprint density at radius 1 is 1.26 bits per heavy atom. The van der Waals surface area contributed by atoms with Gasteiger partial charge in [0, 0.05) is 13.0 Å². The largest absolute Gasteiger partial charge is 0.497 e. The van der Waals surface area contributed by atoms with E-state index in [-0.39, 0.29) is 5.78 Å². The third kappa shape index (κ3) is 3.40. The SMILES string of the molecule is CCn1ncnc1CC(=O)Cc1ccc(OC)cc1.